The number of rotatable bonds is 3. The zero-order chi connectivity index (χ0) is 11.7. The van der Waals surface area contributed by atoms with Gasteiger partial charge in [0.25, 0.3) is 0 Å². The summed E-state index contributed by atoms with van der Waals surface area (Å²) in [6.07, 6.45) is 0. The van der Waals surface area contributed by atoms with Crippen molar-refractivity contribution in [2.75, 3.05) is 5.32 Å². The molecule has 0 aromatic carbocycles. The van der Waals surface area contributed by atoms with Crippen LogP contribution in [0.25, 0.3) is 0 Å². The molecule has 2 aromatic heterocycles. The predicted molar refractivity (Wildman–Crippen MR) is 67.8 cm³/mol. The molecule has 0 spiro atoms. The molecule has 0 saturated carbocycles. The molecular weight excluding hydrogens is 290 g/mol. The van der Waals surface area contributed by atoms with E-state index in [0.717, 1.165) is 26.1 Å². The highest BCUT2D eigenvalue weighted by Gasteiger charge is 2.14. The summed E-state index contributed by atoms with van der Waals surface area (Å²) in [7, 11) is 0. The van der Waals surface area contributed by atoms with E-state index in [1.807, 2.05) is 19.9 Å². The smallest absolute Gasteiger partial charge is 0.206 e. The van der Waals surface area contributed by atoms with Crippen molar-refractivity contribution in [3.63, 3.8) is 0 Å². The highest BCUT2D eigenvalue weighted by Crippen LogP contribution is 2.27. The van der Waals surface area contributed by atoms with Gasteiger partial charge in [0.15, 0.2) is 3.92 Å². The molecular formula is C10H12BrN3OS. The average Bonchev–Trinajstić information content (AvgIpc) is 2.73. The Kier molecular flexibility index (Phi) is 3.30. The number of furan rings is 1. The Morgan fingerprint density at radius 2 is 2.19 bits per heavy atom. The average molecular weight is 302 g/mol. The number of hydrogen-bond donors (Lipinski definition) is 1. The summed E-state index contributed by atoms with van der Waals surface area (Å²) in [5.41, 5.74) is 1.16. The van der Waals surface area contributed by atoms with Crippen LogP contribution < -0.4 is 5.32 Å². The SMILES string of the molecule is Cc1cc(C(C)Nc2nnc(Br)s2)c(C)o1. The van der Waals surface area contributed by atoms with Crippen LogP contribution in [-0.4, -0.2) is 10.2 Å². The van der Waals surface area contributed by atoms with Gasteiger partial charge in [0.1, 0.15) is 11.5 Å². The van der Waals surface area contributed by atoms with E-state index in [1.54, 1.807) is 0 Å². The first-order valence-corrected chi connectivity index (χ1v) is 6.49. The van der Waals surface area contributed by atoms with E-state index in [2.05, 4.69) is 38.4 Å². The van der Waals surface area contributed by atoms with Gasteiger partial charge in [-0.2, -0.15) is 0 Å². The maximum Gasteiger partial charge on any atom is 0.206 e. The molecule has 6 heteroatoms. The van der Waals surface area contributed by atoms with E-state index in [0.29, 0.717) is 0 Å². The molecule has 2 aromatic rings. The normalized spacial score (nSPS) is 12.8. The topological polar surface area (TPSA) is 51.0 Å². The Bertz CT molecular complexity index is 494. The number of aryl methyl sites for hydroxylation is 2. The van der Waals surface area contributed by atoms with Crippen molar-refractivity contribution in [2.45, 2.75) is 26.8 Å². The van der Waals surface area contributed by atoms with Crippen LogP contribution in [0.15, 0.2) is 14.4 Å². The van der Waals surface area contributed by atoms with Gasteiger partial charge in [0.2, 0.25) is 5.13 Å². The van der Waals surface area contributed by atoms with Crippen LogP contribution in [0.2, 0.25) is 0 Å². The number of anilines is 1. The van der Waals surface area contributed by atoms with Crippen LogP contribution in [0.3, 0.4) is 0 Å². The monoisotopic (exact) mass is 301 g/mol. The zero-order valence-corrected chi connectivity index (χ0v) is 11.6. The lowest BCUT2D eigenvalue weighted by atomic mass is 10.1. The molecule has 0 fully saturated rings. The summed E-state index contributed by atoms with van der Waals surface area (Å²) in [6.45, 7) is 5.99. The maximum atomic E-state index is 5.50. The van der Waals surface area contributed by atoms with Gasteiger partial charge in [-0.3, -0.25) is 0 Å². The first-order chi connectivity index (χ1) is 7.56. The minimum absolute atomic E-state index is 0.164. The summed E-state index contributed by atoms with van der Waals surface area (Å²) in [6, 6.07) is 2.21. The summed E-state index contributed by atoms with van der Waals surface area (Å²) in [5, 5.41) is 12.0. The lowest BCUT2D eigenvalue weighted by Gasteiger charge is -2.10. The highest BCUT2D eigenvalue weighted by molar-refractivity contribution is 9.11. The molecule has 0 aliphatic carbocycles. The van der Waals surface area contributed by atoms with E-state index in [4.69, 9.17) is 4.42 Å². The Morgan fingerprint density at radius 3 is 2.69 bits per heavy atom. The van der Waals surface area contributed by atoms with Gasteiger partial charge in [0, 0.05) is 5.56 Å². The quantitative estimate of drug-likeness (QED) is 0.939. The van der Waals surface area contributed by atoms with Crippen LogP contribution in [0, 0.1) is 13.8 Å². The molecule has 86 valence electrons. The van der Waals surface area contributed by atoms with E-state index in [9.17, 15) is 0 Å². The van der Waals surface area contributed by atoms with Gasteiger partial charge < -0.3 is 9.73 Å². The van der Waals surface area contributed by atoms with Gasteiger partial charge in [-0.05, 0) is 42.8 Å². The molecule has 2 heterocycles. The molecule has 0 amide bonds. The third kappa shape index (κ3) is 2.44. The fourth-order valence-electron chi connectivity index (χ4n) is 1.61. The predicted octanol–water partition coefficient (Wildman–Crippen LogP) is 3.68. The molecule has 0 radical (unpaired) electrons. The molecule has 1 atom stereocenters. The molecule has 0 aliphatic rings. The number of halogens is 1. The van der Waals surface area contributed by atoms with Gasteiger partial charge in [-0.1, -0.05) is 11.3 Å². The highest BCUT2D eigenvalue weighted by atomic mass is 79.9. The summed E-state index contributed by atoms with van der Waals surface area (Å²) < 4.78 is 6.28. The maximum absolute atomic E-state index is 5.50. The summed E-state index contributed by atoms with van der Waals surface area (Å²) in [4.78, 5) is 0. The number of nitrogens with one attached hydrogen (secondary N) is 1. The van der Waals surface area contributed by atoms with E-state index < -0.39 is 0 Å². The van der Waals surface area contributed by atoms with Crippen LogP contribution in [0.1, 0.15) is 30.0 Å². The van der Waals surface area contributed by atoms with Crippen molar-refractivity contribution in [3.8, 4) is 0 Å². The molecule has 1 N–H and O–H groups in total. The van der Waals surface area contributed by atoms with E-state index >= 15 is 0 Å². The summed E-state index contributed by atoms with van der Waals surface area (Å²) in [5.74, 6) is 1.88. The van der Waals surface area contributed by atoms with Crippen molar-refractivity contribution < 1.29 is 4.42 Å². The molecule has 4 nitrogen and oxygen atoms in total. The Hall–Kier alpha value is -0.880. The minimum Gasteiger partial charge on any atom is -0.466 e. The zero-order valence-electron chi connectivity index (χ0n) is 9.24. The van der Waals surface area contributed by atoms with E-state index in [-0.39, 0.29) is 6.04 Å². The van der Waals surface area contributed by atoms with Crippen molar-refractivity contribution in [1.29, 1.82) is 0 Å². The van der Waals surface area contributed by atoms with Gasteiger partial charge in [-0.25, -0.2) is 0 Å². The fraction of sp³-hybridized carbons (Fsp3) is 0.400. The van der Waals surface area contributed by atoms with Crippen molar-refractivity contribution in [3.05, 3.63) is 27.1 Å². The largest absolute Gasteiger partial charge is 0.466 e. The van der Waals surface area contributed by atoms with Gasteiger partial charge in [-0.15, -0.1) is 10.2 Å². The molecule has 2 rings (SSSR count). The van der Waals surface area contributed by atoms with Crippen molar-refractivity contribution in [1.82, 2.24) is 10.2 Å². The van der Waals surface area contributed by atoms with Gasteiger partial charge >= 0.3 is 0 Å². The van der Waals surface area contributed by atoms with Crippen LogP contribution in [-0.2, 0) is 0 Å². The lowest BCUT2D eigenvalue weighted by molar-refractivity contribution is 0.500. The Labute approximate surface area is 106 Å². The van der Waals surface area contributed by atoms with Crippen LogP contribution in [0.4, 0.5) is 5.13 Å². The fourth-order valence-corrected chi connectivity index (χ4v) is 2.70. The van der Waals surface area contributed by atoms with Crippen molar-refractivity contribution in [2.24, 2.45) is 0 Å². The van der Waals surface area contributed by atoms with Gasteiger partial charge in [0.05, 0.1) is 6.04 Å². The minimum atomic E-state index is 0.164. The summed E-state index contributed by atoms with van der Waals surface area (Å²) >= 11 is 4.76. The first-order valence-electron chi connectivity index (χ1n) is 4.88. The second kappa shape index (κ2) is 4.55. The Morgan fingerprint density at radius 1 is 1.44 bits per heavy atom. The number of aromatic nitrogens is 2. The Balaban J connectivity index is 2.14. The standard InChI is InChI=1S/C10H12BrN3OS/c1-5-4-8(7(3)15-5)6(2)12-10-14-13-9(11)16-10/h4,6H,1-3H3,(H,12,14). The molecule has 0 bridgehead atoms. The third-order valence-corrected chi connectivity index (χ3v) is 3.57. The van der Waals surface area contributed by atoms with E-state index in [1.165, 1.54) is 11.3 Å². The molecule has 16 heavy (non-hydrogen) atoms. The lowest BCUT2D eigenvalue weighted by Crippen LogP contribution is -2.06. The first kappa shape index (κ1) is 11.6. The second-order valence-corrected chi connectivity index (χ2v) is 5.85. The molecule has 0 aliphatic heterocycles. The third-order valence-electron chi connectivity index (χ3n) is 2.29. The number of hydrogen-bond acceptors (Lipinski definition) is 5. The molecule has 1 unspecified atom stereocenters. The molecule has 0 saturated heterocycles. The number of nitrogens with zero attached hydrogens (tertiary/aromatic N) is 2. The van der Waals surface area contributed by atoms with Crippen LogP contribution in [0.5, 0.6) is 0 Å². The van der Waals surface area contributed by atoms with Crippen molar-refractivity contribution >= 4 is 32.4 Å². The second-order valence-electron chi connectivity index (χ2n) is 3.59. The van der Waals surface area contributed by atoms with Crippen LogP contribution >= 0.6 is 27.3 Å².